The highest BCUT2D eigenvalue weighted by atomic mass is 32.2. The van der Waals surface area contributed by atoms with E-state index in [2.05, 4.69) is 15.3 Å². The first-order chi connectivity index (χ1) is 13.2. The van der Waals surface area contributed by atoms with Crippen molar-refractivity contribution in [2.24, 2.45) is 0 Å². The van der Waals surface area contributed by atoms with Gasteiger partial charge in [0.25, 0.3) is 0 Å². The molecule has 9 heteroatoms. The fraction of sp³-hybridized carbons (Fsp3) is 0.316. The lowest BCUT2D eigenvalue weighted by Gasteiger charge is -2.16. The molecule has 4 nitrogen and oxygen atoms in total. The Morgan fingerprint density at radius 1 is 1.29 bits per heavy atom. The molecule has 0 saturated heterocycles. The summed E-state index contributed by atoms with van der Waals surface area (Å²) in [6.45, 7) is 5.85. The maximum atomic E-state index is 12.9. The highest BCUT2D eigenvalue weighted by Gasteiger charge is 2.30. The highest BCUT2D eigenvalue weighted by Crippen LogP contribution is 2.37. The third-order valence-corrected chi connectivity index (χ3v) is 6.79. The third-order valence-electron chi connectivity index (χ3n) is 4.31. The van der Waals surface area contributed by atoms with Crippen molar-refractivity contribution in [3.63, 3.8) is 0 Å². The lowest BCUT2D eigenvalue weighted by atomic mass is 10.2. The number of fused-ring (bicyclic) bond motifs is 1. The van der Waals surface area contributed by atoms with Crippen molar-refractivity contribution in [1.29, 1.82) is 0 Å². The van der Waals surface area contributed by atoms with Gasteiger partial charge in [-0.1, -0.05) is 24.8 Å². The van der Waals surface area contributed by atoms with Gasteiger partial charge in [-0.3, -0.25) is 4.79 Å². The maximum absolute atomic E-state index is 12.9. The fourth-order valence-electron chi connectivity index (χ4n) is 2.69. The van der Waals surface area contributed by atoms with Gasteiger partial charge in [0.05, 0.1) is 10.8 Å². The van der Waals surface area contributed by atoms with Crippen molar-refractivity contribution in [2.45, 2.75) is 43.6 Å². The van der Waals surface area contributed by atoms with Gasteiger partial charge in [-0.25, -0.2) is 9.97 Å². The normalized spacial score (nSPS) is 12.9. The summed E-state index contributed by atoms with van der Waals surface area (Å²) < 4.78 is 38.6. The summed E-state index contributed by atoms with van der Waals surface area (Å²) in [4.78, 5) is 23.3. The first-order valence-electron chi connectivity index (χ1n) is 8.56. The van der Waals surface area contributed by atoms with E-state index in [9.17, 15) is 18.0 Å². The van der Waals surface area contributed by atoms with Crippen LogP contribution in [0.2, 0.25) is 0 Å². The summed E-state index contributed by atoms with van der Waals surface area (Å²) in [6, 6.07) is 4.63. The minimum absolute atomic E-state index is 0.120. The van der Waals surface area contributed by atoms with E-state index in [4.69, 9.17) is 0 Å². The summed E-state index contributed by atoms with van der Waals surface area (Å²) >= 11 is 2.88. The highest BCUT2D eigenvalue weighted by molar-refractivity contribution is 8.00. The molecule has 1 atom stereocenters. The average Bonchev–Trinajstić information content (AvgIpc) is 2.94. The number of carbonyl (C=O) groups is 1. The van der Waals surface area contributed by atoms with Crippen molar-refractivity contribution >= 4 is 44.9 Å². The molecule has 0 bridgehead atoms. The Labute approximate surface area is 168 Å². The van der Waals surface area contributed by atoms with Crippen molar-refractivity contribution < 1.29 is 18.0 Å². The van der Waals surface area contributed by atoms with Gasteiger partial charge < -0.3 is 5.32 Å². The molecule has 0 saturated carbocycles. The first-order valence-corrected chi connectivity index (χ1v) is 10.3. The van der Waals surface area contributed by atoms with Crippen molar-refractivity contribution in [1.82, 2.24) is 9.97 Å². The number of thioether (sulfide) groups is 1. The molecule has 3 aromatic rings. The smallest absolute Gasteiger partial charge is 0.325 e. The number of aromatic nitrogens is 2. The number of nitrogens with one attached hydrogen (secondary N) is 1. The summed E-state index contributed by atoms with van der Waals surface area (Å²) in [5.41, 5.74) is 0.401. The van der Waals surface area contributed by atoms with Gasteiger partial charge >= 0.3 is 6.18 Å². The van der Waals surface area contributed by atoms with E-state index in [1.165, 1.54) is 30.2 Å². The Hall–Kier alpha value is -2.13. The number of nitrogens with zero attached hydrogens (tertiary/aromatic N) is 2. The number of amides is 1. The second-order valence-electron chi connectivity index (χ2n) is 6.22. The van der Waals surface area contributed by atoms with Crippen molar-refractivity contribution in [3.05, 3.63) is 46.6 Å². The number of benzene rings is 1. The van der Waals surface area contributed by atoms with E-state index >= 15 is 0 Å². The van der Waals surface area contributed by atoms with Gasteiger partial charge in [0.1, 0.15) is 16.2 Å². The van der Waals surface area contributed by atoms with E-state index in [1.54, 1.807) is 11.3 Å². The molecule has 28 heavy (non-hydrogen) atoms. The maximum Gasteiger partial charge on any atom is 0.416 e. The minimum Gasteiger partial charge on any atom is -0.325 e. The quantitative estimate of drug-likeness (QED) is 0.412. The fourth-order valence-corrected chi connectivity index (χ4v) is 4.83. The van der Waals surface area contributed by atoms with Crippen LogP contribution in [0.25, 0.3) is 10.2 Å². The summed E-state index contributed by atoms with van der Waals surface area (Å²) in [5.74, 6) is -0.358. The third kappa shape index (κ3) is 4.30. The van der Waals surface area contributed by atoms with Crippen LogP contribution in [0.3, 0.4) is 0 Å². The molecule has 2 aromatic heterocycles. The molecular formula is C19H18F3N3OS2. The second-order valence-corrected chi connectivity index (χ2v) is 8.62. The standard InChI is InChI=1S/C19H18F3N3OS2/c1-4-14(16(26)25-13-7-5-6-12(8-13)19(20,21)22)28-18-15-10(2)11(3)27-17(15)23-9-24-18/h5-9,14H,4H2,1-3H3,(H,25,26). The zero-order valence-electron chi connectivity index (χ0n) is 15.4. The molecule has 0 spiro atoms. The Morgan fingerprint density at radius 3 is 2.71 bits per heavy atom. The van der Waals surface area contributed by atoms with Crippen LogP contribution in [0.4, 0.5) is 18.9 Å². The molecule has 0 fully saturated rings. The monoisotopic (exact) mass is 425 g/mol. The summed E-state index contributed by atoms with van der Waals surface area (Å²) in [6.07, 6.45) is -2.48. The number of aryl methyl sites for hydroxylation is 2. The number of carbonyl (C=O) groups excluding carboxylic acids is 1. The SMILES string of the molecule is CCC(Sc1ncnc2sc(C)c(C)c12)C(=O)Nc1cccc(C(F)(F)F)c1. The molecular weight excluding hydrogens is 407 g/mol. The minimum atomic E-state index is -4.46. The first kappa shape index (κ1) is 20.6. The van der Waals surface area contributed by atoms with Crippen LogP contribution >= 0.6 is 23.1 Å². The second kappa shape index (κ2) is 8.08. The van der Waals surface area contributed by atoms with E-state index in [0.29, 0.717) is 11.4 Å². The van der Waals surface area contributed by atoms with Gasteiger partial charge in [-0.05, 0) is 44.0 Å². The van der Waals surface area contributed by atoms with Crippen LogP contribution in [0.5, 0.6) is 0 Å². The van der Waals surface area contributed by atoms with E-state index in [-0.39, 0.29) is 11.6 Å². The summed E-state index contributed by atoms with van der Waals surface area (Å²) in [7, 11) is 0. The van der Waals surface area contributed by atoms with Gasteiger partial charge in [0.15, 0.2) is 0 Å². The number of alkyl halides is 3. The number of hydrogen-bond acceptors (Lipinski definition) is 5. The Bertz CT molecular complexity index is 1020. The zero-order chi connectivity index (χ0) is 20.5. The van der Waals surface area contributed by atoms with E-state index < -0.39 is 17.0 Å². The molecule has 1 amide bonds. The van der Waals surface area contributed by atoms with Gasteiger partial charge in [-0.2, -0.15) is 13.2 Å². The Balaban J connectivity index is 1.82. The summed E-state index contributed by atoms with van der Waals surface area (Å²) in [5, 5.41) is 3.74. The topological polar surface area (TPSA) is 54.9 Å². The molecule has 0 aliphatic heterocycles. The number of thiophene rings is 1. The van der Waals surface area contributed by atoms with Gasteiger partial charge in [0.2, 0.25) is 5.91 Å². The lowest BCUT2D eigenvalue weighted by molar-refractivity contribution is -0.137. The van der Waals surface area contributed by atoms with Crippen LogP contribution in [0.15, 0.2) is 35.6 Å². The Kier molecular flexibility index (Phi) is 5.95. The molecule has 0 aliphatic carbocycles. The predicted molar refractivity (Wildman–Crippen MR) is 107 cm³/mol. The van der Waals surface area contributed by atoms with Crippen LogP contribution in [0.1, 0.15) is 29.3 Å². The van der Waals surface area contributed by atoms with Crippen LogP contribution < -0.4 is 5.32 Å². The number of rotatable bonds is 5. The predicted octanol–water partition coefficient (Wildman–Crippen LogP) is 5.84. The molecule has 0 aliphatic rings. The number of halogens is 3. The van der Waals surface area contributed by atoms with Gasteiger partial charge in [0, 0.05) is 16.0 Å². The lowest BCUT2D eigenvalue weighted by Crippen LogP contribution is -2.25. The molecule has 1 aromatic carbocycles. The zero-order valence-corrected chi connectivity index (χ0v) is 17.1. The van der Waals surface area contributed by atoms with Crippen LogP contribution in [-0.4, -0.2) is 21.1 Å². The molecule has 1 N–H and O–H groups in total. The Morgan fingerprint density at radius 2 is 2.04 bits per heavy atom. The molecule has 148 valence electrons. The largest absolute Gasteiger partial charge is 0.416 e. The van der Waals surface area contributed by atoms with Crippen molar-refractivity contribution in [2.75, 3.05) is 5.32 Å². The molecule has 3 rings (SSSR count). The molecule has 0 radical (unpaired) electrons. The molecule has 1 unspecified atom stereocenters. The van der Waals surface area contributed by atoms with E-state index in [0.717, 1.165) is 32.8 Å². The van der Waals surface area contributed by atoms with E-state index in [1.807, 2.05) is 20.8 Å². The van der Waals surface area contributed by atoms with Crippen LogP contribution in [-0.2, 0) is 11.0 Å². The average molecular weight is 426 g/mol. The number of anilines is 1. The van der Waals surface area contributed by atoms with Crippen LogP contribution in [0, 0.1) is 13.8 Å². The van der Waals surface area contributed by atoms with Crippen molar-refractivity contribution in [3.8, 4) is 0 Å². The van der Waals surface area contributed by atoms with Gasteiger partial charge in [-0.15, -0.1) is 11.3 Å². The number of hydrogen-bond donors (Lipinski definition) is 1. The molecule has 2 heterocycles.